The van der Waals surface area contributed by atoms with Crippen LogP contribution >= 0.6 is 11.6 Å². The van der Waals surface area contributed by atoms with E-state index in [1.807, 2.05) is 0 Å². The van der Waals surface area contributed by atoms with Crippen LogP contribution in [-0.2, 0) is 0 Å². The van der Waals surface area contributed by atoms with Gasteiger partial charge in [-0.2, -0.15) is 0 Å². The van der Waals surface area contributed by atoms with E-state index in [1.165, 1.54) is 6.26 Å². The molecule has 0 aliphatic rings. The second-order valence-corrected chi connectivity index (χ2v) is 4.30. The summed E-state index contributed by atoms with van der Waals surface area (Å²) in [5.41, 5.74) is 7.54. The van der Waals surface area contributed by atoms with E-state index in [4.69, 9.17) is 21.8 Å². The number of rotatable bonds is 2. The third-order valence-corrected chi connectivity index (χ3v) is 3.15. The number of halogens is 1. The minimum atomic E-state index is -0.222. The Balaban J connectivity index is 2.24. The van der Waals surface area contributed by atoms with Gasteiger partial charge in [-0.25, -0.2) is 0 Å². The Kier molecular flexibility index (Phi) is 2.38. The van der Waals surface area contributed by atoms with Gasteiger partial charge in [0.15, 0.2) is 5.76 Å². The zero-order chi connectivity index (χ0) is 12.7. The molecule has 0 fully saturated rings. The van der Waals surface area contributed by atoms with Crippen molar-refractivity contribution in [2.75, 3.05) is 5.73 Å². The molecule has 3 N–H and O–H groups in total. The van der Waals surface area contributed by atoms with Crippen molar-refractivity contribution in [3.8, 4) is 0 Å². The Hall–Kier alpha value is -2.20. The van der Waals surface area contributed by atoms with Crippen molar-refractivity contribution in [3.05, 3.63) is 53.1 Å². The fourth-order valence-corrected chi connectivity index (χ4v) is 2.10. The van der Waals surface area contributed by atoms with E-state index in [0.29, 0.717) is 21.7 Å². The number of hydrogen-bond donors (Lipinski definition) is 2. The quantitative estimate of drug-likeness (QED) is 0.549. The molecule has 0 spiro atoms. The number of hydrogen-bond acceptors (Lipinski definition) is 3. The summed E-state index contributed by atoms with van der Waals surface area (Å²) >= 11 is 5.97. The molecule has 0 saturated carbocycles. The molecule has 18 heavy (non-hydrogen) atoms. The van der Waals surface area contributed by atoms with E-state index in [1.54, 1.807) is 30.5 Å². The van der Waals surface area contributed by atoms with Crippen LogP contribution in [0.1, 0.15) is 16.1 Å². The predicted octanol–water partition coefficient (Wildman–Crippen LogP) is 3.23. The molecule has 4 nitrogen and oxygen atoms in total. The summed E-state index contributed by atoms with van der Waals surface area (Å²) in [6.45, 7) is 0. The Morgan fingerprint density at radius 2 is 2.17 bits per heavy atom. The predicted molar refractivity (Wildman–Crippen MR) is 69.9 cm³/mol. The van der Waals surface area contributed by atoms with Gasteiger partial charge >= 0.3 is 0 Å². The minimum Gasteiger partial charge on any atom is -0.461 e. The largest absolute Gasteiger partial charge is 0.461 e. The van der Waals surface area contributed by atoms with Gasteiger partial charge in [0.1, 0.15) is 0 Å². The maximum Gasteiger partial charge on any atom is 0.230 e. The van der Waals surface area contributed by atoms with Crippen molar-refractivity contribution < 1.29 is 9.21 Å². The lowest BCUT2D eigenvalue weighted by molar-refractivity contribution is 0.101. The summed E-state index contributed by atoms with van der Waals surface area (Å²) < 4.78 is 5.10. The first kappa shape index (κ1) is 10.9. The molecule has 1 aromatic carbocycles. The number of nitrogens with two attached hydrogens (primary N) is 1. The van der Waals surface area contributed by atoms with Crippen LogP contribution in [0.5, 0.6) is 0 Å². The number of fused-ring (bicyclic) bond motifs is 1. The van der Waals surface area contributed by atoms with Gasteiger partial charge in [0.2, 0.25) is 5.78 Å². The van der Waals surface area contributed by atoms with E-state index >= 15 is 0 Å². The number of H-pyrrole nitrogens is 1. The molecule has 2 aromatic heterocycles. The monoisotopic (exact) mass is 260 g/mol. The third-order valence-electron chi connectivity index (χ3n) is 2.82. The summed E-state index contributed by atoms with van der Waals surface area (Å²) in [6, 6.07) is 6.75. The Morgan fingerprint density at radius 1 is 1.33 bits per heavy atom. The van der Waals surface area contributed by atoms with Gasteiger partial charge in [-0.3, -0.25) is 4.79 Å². The standard InChI is InChI=1S/C13H9ClN2O2/c14-8-3-4-9-11(12(8)15)7(6-16-9)13(17)10-2-1-5-18-10/h1-6,16H,15H2. The van der Waals surface area contributed by atoms with E-state index in [9.17, 15) is 4.79 Å². The van der Waals surface area contributed by atoms with Crippen molar-refractivity contribution in [3.63, 3.8) is 0 Å². The average molecular weight is 261 g/mol. The van der Waals surface area contributed by atoms with Crippen molar-refractivity contribution >= 4 is 34.0 Å². The highest BCUT2D eigenvalue weighted by molar-refractivity contribution is 6.35. The minimum absolute atomic E-state index is 0.222. The molecule has 0 aliphatic carbocycles. The first-order valence-electron chi connectivity index (χ1n) is 5.31. The molecule has 0 amide bonds. The van der Waals surface area contributed by atoms with Crippen LogP contribution < -0.4 is 5.73 Å². The lowest BCUT2D eigenvalue weighted by Gasteiger charge is -2.02. The molecule has 3 aromatic rings. The Labute approximate surface area is 107 Å². The highest BCUT2D eigenvalue weighted by Crippen LogP contribution is 2.31. The van der Waals surface area contributed by atoms with Gasteiger partial charge in [0, 0.05) is 17.1 Å². The Morgan fingerprint density at radius 3 is 2.89 bits per heavy atom. The zero-order valence-electron chi connectivity index (χ0n) is 9.24. The first-order valence-corrected chi connectivity index (χ1v) is 5.69. The average Bonchev–Trinajstić information content (AvgIpc) is 3.01. The van der Waals surface area contributed by atoms with Crippen molar-refractivity contribution in [2.45, 2.75) is 0 Å². The van der Waals surface area contributed by atoms with Crippen molar-refractivity contribution in [1.82, 2.24) is 4.98 Å². The molecule has 0 atom stereocenters. The molecule has 0 aliphatic heterocycles. The van der Waals surface area contributed by atoms with Gasteiger partial charge in [0.25, 0.3) is 0 Å². The molecule has 2 heterocycles. The number of aromatic amines is 1. The molecule has 3 rings (SSSR count). The summed E-state index contributed by atoms with van der Waals surface area (Å²) in [7, 11) is 0. The van der Waals surface area contributed by atoms with Crippen molar-refractivity contribution in [1.29, 1.82) is 0 Å². The van der Waals surface area contributed by atoms with Crippen LogP contribution in [0.3, 0.4) is 0 Å². The summed E-state index contributed by atoms with van der Waals surface area (Å²) in [6.07, 6.45) is 3.07. The molecule has 5 heteroatoms. The second-order valence-electron chi connectivity index (χ2n) is 3.89. The SMILES string of the molecule is Nc1c(Cl)ccc2[nH]cc(C(=O)c3ccco3)c12. The van der Waals surface area contributed by atoms with Gasteiger partial charge in [-0.15, -0.1) is 0 Å². The molecular formula is C13H9ClN2O2. The van der Waals surface area contributed by atoms with Gasteiger partial charge < -0.3 is 15.1 Å². The summed E-state index contributed by atoms with van der Waals surface area (Å²) in [4.78, 5) is 15.2. The normalized spacial score (nSPS) is 10.9. The molecular weight excluding hydrogens is 252 g/mol. The third kappa shape index (κ3) is 1.50. The summed E-state index contributed by atoms with van der Waals surface area (Å²) in [5, 5.41) is 1.06. The second kappa shape index (κ2) is 3.92. The van der Waals surface area contributed by atoms with E-state index in [-0.39, 0.29) is 11.5 Å². The van der Waals surface area contributed by atoms with Crippen LogP contribution in [0.15, 0.2) is 41.1 Å². The van der Waals surface area contributed by atoms with Gasteiger partial charge in [-0.05, 0) is 24.3 Å². The van der Waals surface area contributed by atoms with Crippen LogP contribution in [-0.4, -0.2) is 10.8 Å². The van der Waals surface area contributed by atoms with E-state index in [2.05, 4.69) is 4.98 Å². The number of carbonyl (C=O) groups excluding carboxylic acids is 1. The lowest BCUT2D eigenvalue weighted by Crippen LogP contribution is -2.00. The maximum atomic E-state index is 12.2. The zero-order valence-corrected chi connectivity index (χ0v) is 9.99. The lowest BCUT2D eigenvalue weighted by atomic mass is 10.1. The van der Waals surface area contributed by atoms with Gasteiger partial charge in [-0.1, -0.05) is 11.6 Å². The number of carbonyl (C=O) groups is 1. The van der Waals surface area contributed by atoms with Crippen LogP contribution in [0.25, 0.3) is 10.9 Å². The molecule has 90 valence electrons. The van der Waals surface area contributed by atoms with Crippen molar-refractivity contribution in [2.24, 2.45) is 0 Å². The highest BCUT2D eigenvalue weighted by Gasteiger charge is 2.18. The van der Waals surface area contributed by atoms with Crippen LogP contribution in [0, 0.1) is 0 Å². The number of nitrogen functional groups attached to an aromatic ring is 1. The number of nitrogens with one attached hydrogen (secondary N) is 1. The molecule has 0 bridgehead atoms. The highest BCUT2D eigenvalue weighted by atomic mass is 35.5. The van der Waals surface area contributed by atoms with Crippen LogP contribution in [0.4, 0.5) is 5.69 Å². The first-order chi connectivity index (χ1) is 8.68. The fraction of sp³-hybridized carbons (Fsp3) is 0. The topological polar surface area (TPSA) is 72.0 Å². The molecule has 0 saturated heterocycles. The molecule has 0 radical (unpaired) electrons. The van der Waals surface area contributed by atoms with Crippen LogP contribution in [0.2, 0.25) is 5.02 Å². The fourth-order valence-electron chi connectivity index (χ4n) is 1.95. The number of anilines is 1. The number of furan rings is 1. The number of benzene rings is 1. The number of aromatic nitrogens is 1. The van der Waals surface area contributed by atoms with Gasteiger partial charge in [0.05, 0.1) is 22.5 Å². The maximum absolute atomic E-state index is 12.2. The van der Waals surface area contributed by atoms with E-state index < -0.39 is 0 Å². The Bertz CT molecular complexity index is 729. The summed E-state index contributed by atoms with van der Waals surface area (Å²) in [5.74, 6) is 0.0514. The number of ketones is 1. The smallest absolute Gasteiger partial charge is 0.230 e. The molecule has 0 unspecified atom stereocenters. The van der Waals surface area contributed by atoms with E-state index in [0.717, 1.165) is 5.52 Å².